The van der Waals surface area contributed by atoms with Crippen LogP contribution in [0.1, 0.15) is 16.1 Å². The molecular weight excluding hydrogens is 315 g/mol. The minimum absolute atomic E-state index is 0.0832. The normalized spacial score (nSPS) is 11.0. The van der Waals surface area contributed by atoms with Crippen LogP contribution in [-0.2, 0) is 0 Å². The van der Waals surface area contributed by atoms with Gasteiger partial charge in [-0.3, -0.25) is 0 Å². The average Bonchev–Trinajstić information content (AvgIpc) is 2.82. The van der Waals surface area contributed by atoms with E-state index in [1.807, 2.05) is 0 Å². The summed E-state index contributed by atoms with van der Waals surface area (Å²) in [6, 6.07) is 6.41. The Balaban J connectivity index is 2.28. The molecule has 5 nitrogen and oxygen atoms in total. The lowest BCUT2D eigenvalue weighted by molar-refractivity contribution is 0.0699. The Kier molecular flexibility index (Phi) is 3.31. The van der Waals surface area contributed by atoms with E-state index in [0.717, 1.165) is 0 Å². The monoisotopic (exact) mass is 322 g/mol. The lowest BCUT2D eigenvalue weighted by Crippen LogP contribution is -2.00. The number of rotatable bonds is 2. The van der Waals surface area contributed by atoms with E-state index in [4.69, 9.17) is 27.7 Å². The molecule has 1 N–H and O–H groups in total. The van der Waals surface area contributed by atoms with Gasteiger partial charge in [-0.15, -0.1) is 0 Å². The lowest BCUT2D eigenvalue weighted by Gasteiger charge is -2.05. The third-order valence-corrected chi connectivity index (χ3v) is 3.80. The van der Waals surface area contributed by atoms with Crippen molar-refractivity contribution in [2.24, 2.45) is 0 Å². The molecule has 0 saturated heterocycles. The predicted octanol–water partition coefficient (Wildman–Crippen LogP) is 4.20. The molecule has 0 amide bonds. The number of fused-ring (bicyclic) bond motifs is 1. The molecule has 2 heterocycles. The number of carboxylic acids is 1. The van der Waals surface area contributed by atoms with Gasteiger partial charge in [-0.05, 0) is 25.1 Å². The Labute approximate surface area is 129 Å². The molecule has 3 aromatic rings. The van der Waals surface area contributed by atoms with Gasteiger partial charge in [0.25, 0.3) is 5.71 Å². The number of aryl methyl sites for hydroxylation is 1. The van der Waals surface area contributed by atoms with Gasteiger partial charge in [-0.25, -0.2) is 9.78 Å². The predicted molar refractivity (Wildman–Crippen MR) is 79.0 cm³/mol. The molecule has 2 aromatic heterocycles. The van der Waals surface area contributed by atoms with Crippen LogP contribution in [0.25, 0.3) is 22.4 Å². The molecule has 3 rings (SSSR count). The van der Waals surface area contributed by atoms with Gasteiger partial charge >= 0.3 is 5.97 Å². The van der Waals surface area contributed by atoms with E-state index in [2.05, 4.69) is 10.1 Å². The quantitative estimate of drug-likeness (QED) is 0.765. The number of pyridine rings is 1. The van der Waals surface area contributed by atoms with Crippen LogP contribution in [0.4, 0.5) is 0 Å². The van der Waals surface area contributed by atoms with Gasteiger partial charge in [0, 0.05) is 5.56 Å². The summed E-state index contributed by atoms with van der Waals surface area (Å²) in [5.41, 5.74) is 1.81. The van der Waals surface area contributed by atoms with Crippen LogP contribution in [0.2, 0.25) is 10.0 Å². The van der Waals surface area contributed by atoms with Crippen LogP contribution in [0.3, 0.4) is 0 Å². The zero-order chi connectivity index (χ0) is 15.1. The molecule has 0 unspecified atom stereocenters. The van der Waals surface area contributed by atoms with E-state index in [-0.39, 0.29) is 11.3 Å². The summed E-state index contributed by atoms with van der Waals surface area (Å²) in [6.07, 6.45) is 0. The van der Waals surface area contributed by atoms with Crippen molar-refractivity contribution in [2.45, 2.75) is 6.92 Å². The van der Waals surface area contributed by atoms with Crippen molar-refractivity contribution in [3.63, 3.8) is 0 Å². The molecule has 0 spiro atoms. The second-order valence-electron chi connectivity index (χ2n) is 4.44. The SMILES string of the molecule is Cc1noc2nc(-c3ccc(Cl)c(Cl)c3)cc(C(=O)O)c12. The number of aromatic carboxylic acids is 1. The summed E-state index contributed by atoms with van der Waals surface area (Å²) < 4.78 is 5.07. The van der Waals surface area contributed by atoms with Crippen molar-refractivity contribution in [2.75, 3.05) is 0 Å². The highest BCUT2D eigenvalue weighted by atomic mass is 35.5. The van der Waals surface area contributed by atoms with Crippen LogP contribution in [0.5, 0.6) is 0 Å². The third kappa shape index (κ3) is 2.34. The molecule has 0 atom stereocenters. The average molecular weight is 323 g/mol. The molecule has 7 heteroatoms. The van der Waals surface area contributed by atoms with Crippen molar-refractivity contribution in [3.05, 3.63) is 45.6 Å². The molecule has 0 aliphatic rings. The molecule has 0 fully saturated rings. The molecule has 0 saturated carbocycles. The summed E-state index contributed by atoms with van der Waals surface area (Å²) in [4.78, 5) is 15.7. The fourth-order valence-electron chi connectivity index (χ4n) is 2.07. The molecule has 106 valence electrons. The number of halogens is 2. The third-order valence-electron chi connectivity index (χ3n) is 3.06. The number of carboxylic acid groups (broad SMARTS) is 1. The molecule has 0 radical (unpaired) electrons. The molecule has 0 bridgehead atoms. The van der Waals surface area contributed by atoms with Crippen LogP contribution in [0, 0.1) is 6.92 Å². The maximum atomic E-state index is 11.4. The maximum Gasteiger partial charge on any atom is 0.336 e. The van der Waals surface area contributed by atoms with E-state index in [1.165, 1.54) is 6.07 Å². The van der Waals surface area contributed by atoms with Gasteiger partial charge in [0.2, 0.25) is 0 Å². The van der Waals surface area contributed by atoms with Crippen LogP contribution < -0.4 is 0 Å². The summed E-state index contributed by atoms with van der Waals surface area (Å²) in [6.45, 7) is 1.67. The minimum Gasteiger partial charge on any atom is -0.478 e. The molecule has 1 aromatic carbocycles. The summed E-state index contributed by atoms with van der Waals surface area (Å²) in [5, 5.41) is 14.3. The van der Waals surface area contributed by atoms with E-state index in [1.54, 1.807) is 25.1 Å². The zero-order valence-electron chi connectivity index (χ0n) is 10.7. The Morgan fingerprint density at radius 2 is 2.00 bits per heavy atom. The zero-order valence-corrected chi connectivity index (χ0v) is 12.2. The number of carbonyl (C=O) groups is 1. The fourth-order valence-corrected chi connectivity index (χ4v) is 2.36. The standard InChI is InChI=1S/C14H8Cl2N2O3/c1-6-12-8(14(19)20)5-11(17-13(12)21-18-6)7-2-3-9(15)10(16)4-7/h2-5H,1H3,(H,19,20). The molecular formula is C14H8Cl2N2O3. The van der Waals surface area contributed by atoms with E-state index in [0.29, 0.717) is 32.4 Å². The van der Waals surface area contributed by atoms with Crippen molar-refractivity contribution in [1.82, 2.24) is 10.1 Å². The van der Waals surface area contributed by atoms with Crippen molar-refractivity contribution < 1.29 is 14.4 Å². The van der Waals surface area contributed by atoms with Gasteiger partial charge in [-0.2, -0.15) is 0 Å². The maximum absolute atomic E-state index is 11.4. The Hall–Kier alpha value is -2.11. The molecule has 21 heavy (non-hydrogen) atoms. The van der Waals surface area contributed by atoms with E-state index in [9.17, 15) is 9.90 Å². The van der Waals surface area contributed by atoms with E-state index < -0.39 is 5.97 Å². The second kappa shape index (κ2) is 5.02. The Morgan fingerprint density at radius 3 is 2.67 bits per heavy atom. The second-order valence-corrected chi connectivity index (χ2v) is 5.25. The molecule has 0 aliphatic heterocycles. The first-order valence-corrected chi connectivity index (χ1v) is 6.68. The number of nitrogens with zero attached hydrogens (tertiary/aromatic N) is 2. The first-order chi connectivity index (χ1) is 9.97. The first kappa shape index (κ1) is 13.9. The smallest absolute Gasteiger partial charge is 0.336 e. The number of aromatic nitrogens is 2. The Bertz CT molecular complexity index is 874. The van der Waals surface area contributed by atoms with Gasteiger partial charge in [0.15, 0.2) is 0 Å². The highest BCUT2D eigenvalue weighted by Gasteiger charge is 2.18. The van der Waals surface area contributed by atoms with E-state index >= 15 is 0 Å². The van der Waals surface area contributed by atoms with Crippen molar-refractivity contribution in [1.29, 1.82) is 0 Å². The largest absolute Gasteiger partial charge is 0.478 e. The van der Waals surface area contributed by atoms with Gasteiger partial charge in [0.1, 0.15) is 0 Å². The minimum atomic E-state index is -1.07. The highest BCUT2D eigenvalue weighted by Crippen LogP contribution is 2.30. The van der Waals surface area contributed by atoms with Crippen LogP contribution in [0.15, 0.2) is 28.8 Å². The highest BCUT2D eigenvalue weighted by molar-refractivity contribution is 6.42. The number of benzene rings is 1. The summed E-state index contributed by atoms with van der Waals surface area (Å²) >= 11 is 11.8. The number of hydrogen-bond acceptors (Lipinski definition) is 4. The summed E-state index contributed by atoms with van der Waals surface area (Å²) in [5.74, 6) is -1.07. The Morgan fingerprint density at radius 1 is 1.24 bits per heavy atom. The van der Waals surface area contributed by atoms with Gasteiger partial charge < -0.3 is 9.63 Å². The van der Waals surface area contributed by atoms with Crippen molar-refractivity contribution >= 4 is 40.3 Å². The first-order valence-electron chi connectivity index (χ1n) is 5.93. The lowest BCUT2D eigenvalue weighted by atomic mass is 10.1. The van der Waals surface area contributed by atoms with Crippen LogP contribution >= 0.6 is 23.2 Å². The van der Waals surface area contributed by atoms with Gasteiger partial charge in [-0.1, -0.05) is 34.4 Å². The number of hydrogen-bond donors (Lipinski definition) is 1. The summed E-state index contributed by atoms with van der Waals surface area (Å²) in [7, 11) is 0. The van der Waals surface area contributed by atoms with Crippen molar-refractivity contribution in [3.8, 4) is 11.3 Å². The van der Waals surface area contributed by atoms with Gasteiger partial charge in [0.05, 0.1) is 32.4 Å². The topological polar surface area (TPSA) is 76.2 Å². The fraction of sp³-hybridized carbons (Fsp3) is 0.0714. The van der Waals surface area contributed by atoms with Crippen LogP contribution in [-0.4, -0.2) is 21.2 Å². The molecule has 0 aliphatic carbocycles.